The first-order chi connectivity index (χ1) is 12.3. The van der Waals surface area contributed by atoms with Gasteiger partial charge in [-0.1, -0.05) is 36.4 Å². The van der Waals surface area contributed by atoms with Crippen LogP contribution in [0.3, 0.4) is 0 Å². The molecule has 0 aromatic heterocycles. The predicted molar refractivity (Wildman–Crippen MR) is 104 cm³/mol. The Morgan fingerprint density at radius 2 is 1.32 bits per heavy atom. The molecule has 124 valence electrons. The second-order valence-corrected chi connectivity index (χ2v) is 6.23. The summed E-state index contributed by atoms with van der Waals surface area (Å²) in [6.07, 6.45) is 0. The summed E-state index contributed by atoms with van der Waals surface area (Å²) in [6.45, 7) is 0. The quantitative estimate of drug-likeness (QED) is 0.652. The van der Waals surface area contributed by atoms with E-state index in [1.807, 2.05) is 48.5 Å². The summed E-state index contributed by atoms with van der Waals surface area (Å²) in [6, 6.07) is 23.9. The Kier molecular flexibility index (Phi) is 4.12. The molecule has 3 nitrogen and oxygen atoms in total. The van der Waals surface area contributed by atoms with Gasteiger partial charge in [-0.15, -0.1) is 0 Å². The van der Waals surface area contributed by atoms with Gasteiger partial charge in [0.2, 0.25) is 0 Å². The SMILES string of the molecule is COc1ccc(OC(=S)C2c3ccccc3Nc3ccccc32)cc1. The van der Waals surface area contributed by atoms with E-state index in [1.54, 1.807) is 7.11 Å². The van der Waals surface area contributed by atoms with Crippen LogP contribution in [0.1, 0.15) is 17.0 Å². The zero-order chi connectivity index (χ0) is 17.2. The highest BCUT2D eigenvalue weighted by molar-refractivity contribution is 7.80. The third-order valence-corrected chi connectivity index (χ3v) is 4.65. The lowest BCUT2D eigenvalue weighted by molar-refractivity contribution is 0.414. The van der Waals surface area contributed by atoms with Crippen molar-refractivity contribution in [2.75, 3.05) is 12.4 Å². The van der Waals surface area contributed by atoms with Crippen LogP contribution in [0.15, 0.2) is 72.8 Å². The van der Waals surface area contributed by atoms with Crippen molar-refractivity contribution in [2.24, 2.45) is 0 Å². The molecule has 0 bridgehead atoms. The fourth-order valence-corrected chi connectivity index (χ4v) is 3.46. The van der Waals surface area contributed by atoms with E-state index in [1.165, 1.54) is 0 Å². The zero-order valence-corrected chi connectivity index (χ0v) is 14.5. The number of nitrogens with one attached hydrogen (secondary N) is 1. The second kappa shape index (κ2) is 6.57. The molecule has 3 aromatic carbocycles. The molecule has 0 atom stereocenters. The maximum absolute atomic E-state index is 6.02. The molecule has 0 saturated carbocycles. The smallest absolute Gasteiger partial charge is 0.179 e. The van der Waals surface area contributed by atoms with E-state index in [9.17, 15) is 0 Å². The molecule has 3 aromatic rings. The lowest BCUT2D eigenvalue weighted by Gasteiger charge is -2.29. The fourth-order valence-electron chi connectivity index (χ4n) is 3.11. The number of benzene rings is 3. The topological polar surface area (TPSA) is 30.5 Å². The van der Waals surface area contributed by atoms with Crippen LogP contribution in [0, 0.1) is 0 Å². The predicted octanol–water partition coefficient (Wildman–Crippen LogP) is 5.29. The number of methoxy groups -OCH3 is 1. The highest BCUT2D eigenvalue weighted by Crippen LogP contribution is 2.42. The number of thiocarbonyl (C=S) groups is 1. The van der Waals surface area contributed by atoms with Crippen LogP contribution in [0.4, 0.5) is 11.4 Å². The van der Waals surface area contributed by atoms with Gasteiger partial charge in [-0.25, -0.2) is 0 Å². The third-order valence-electron chi connectivity index (χ3n) is 4.33. The molecular formula is C21H17NO2S. The average Bonchev–Trinajstić information content (AvgIpc) is 2.66. The van der Waals surface area contributed by atoms with Crippen LogP contribution in [-0.2, 0) is 0 Å². The fraction of sp³-hybridized carbons (Fsp3) is 0.0952. The van der Waals surface area contributed by atoms with Gasteiger partial charge >= 0.3 is 0 Å². The molecule has 25 heavy (non-hydrogen) atoms. The van der Waals surface area contributed by atoms with E-state index >= 15 is 0 Å². The first-order valence-electron chi connectivity index (χ1n) is 8.07. The Morgan fingerprint density at radius 1 is 0.800 bits per heavy atom. The Hall–Kier alpha value is -2.85. The molecule has 0 amide bonds. The first kappa shape index (κ1) is 15.7. The van der Waals surface area contributed by atoms with Gasteiger partial charge in [-0.3, -0.25) is 0 Å². The van der Waals surface area contributed by atoms with Gasteiger partial charge < -0.3 is 14.8 Å². The molecule has 0 aliphatic carbocycles. The van der Waals surface area contributed by atoms with Crippen molar-refractivity contribution >= 4 is 28.6 Å². The summed E-state index contributed by atoms with van der Waals surface area (Å²) in [5.41, 5.74) is 4.37. The van der Waals surface area contributed by atoms with Gasteiger partial charge in [-0.2, -0.15) is 0 Å². The van der Waals surface area contributed by atoms with Gasteiger partial charge in [0, 0.05) is 11.4 Å². The molecule has 1 N–H and O–H groups in total. The van der Waals surface area contributed by atoms with Crippen LogP contribution in [0.2, 0.25) is 0 Å². The Labute approximate surface area is 152 Å². The summed E-state index contributed by atoms with van der Waals surface area (Å²) in [4.78, 5) is 0. The zero-order valence-electron chi connectivity index (χ0n) is 13.7. The number of rotatable bonds is 3. The summed E-state index contributed by atoms with van der Waals surface area (Å²) in [5.74, 6) is 1.40. The minimum absolute atomic E-state index is 0.0919. The van der Waals surface area contributed by atoms with E-state index in [0.717, 1.165) is 28.3 Å². The van der Waals surface area contributed by atoms with E-state index in [4.69, 9.17) is 21.7 Å². The van der Waals surface area contributed by atoms with Gasteiger partial charge in [0.25, 0.3) is 0 Å². The lowest BCUT2D eigenvalue weighted by atomic mass is 9.86. The number of para-hydroxylation sites is 2. The number of anilines is 2. The number of fused-ring (bicyclic) bond motifs is 2. The van der Waals surface area contributed by atoms with Crippen molar-refractivity contribution in [3.8, 4) is 11.5 Å². The van der Waals surface area contributed by atoms with Crippen molar-refractivity contribution in [1.82, 2.24) is 0 Å². The van der Waals surface area contributed by atoms with Crippen LogP contribution in [-0.4, -0.2) is 12.2 Å². The number of hydrogen-bond donors (Lipinski definition) is 1. The maximum Gasteiger partial charge on any atom is 0.179 e. The second-order valence-electron chi connectivity index (χ2n) is 5.83. The largest absolute Gasteiger partial charge is 0.497 e. The van der Waals surface area contributed by atoms with E-state index in [2.05, 4.69) is 29.6 Å². The van der Waals surface area contributed by atoms with Crippen LogP contribution < -0.4 is 14.8 Å². The molecule has 1 heterocycles. The number of hydrogen-bond acceptors (Lipinski definition) is 4. The standard InChI is InChI=1S/C21H17NO2S/c1-23-14-10-12-15(13-11-14)24-21(25)20-16-6-2-4-8-18(16)22-19-9-5-3-7-17(19)20/h2-13,20,22H,1H3. The summed E-state index contributed by atoms with van der Waals surface area (Å²) in [7, 11) is 1.64. The summed E-state index contributed by atoms with van der Waals surface area (Å²) in [5, 5.41) is 4.01. The van der Waals surface area contributed by atoms with Crippen LogP contribution in [0.25, 0.3) is 0 Å². The highest BCUT2D eigenvalue weighted by atomic mass is 32.1. The molecule has 0 radical (unpaired) electrons. The summed E-state index contributed by atoms with van der Waals surface area (Å²) < 4.78 is 11.2. The molecule has 4 rings (SSSR count). The first-order valence-corrected chi connectivity index (χ1v) is 8.48. The minimum atomic E-state index is -0.0919. The van der Waals surface area contributed by atoms with Gasteiger partial charge in [0.05, 0.1) is 13.0 Å². The van der Waals surface area contributed by atoms with E-state index in [0.29, 0.717) is 10.8 Å². The van der Waals surface area contributed by atoms with Crippen molar-refractivity contribution in [3.63, 3.8) is 0 Å². The molecule has 1 aliphatic rings. The monoisotopic (exact) mass is 347 g/mol. The molecule has 0 saturated heterocycles. The van der Waals surface area contributed by atoms with Crippen molar-refractivity contribution in [3.05, 3.63) is 83.9 Å². The van der Waals surface area contributed by atoms with Crippen LogP contribution >= 0.6 is 12.2 Å². The van der Waals surface area contributed by atoms with Crippen molar-refractivity contribution < 1.29 is 9.47 Å². The average molecular weight is 347 g/mol. The molecular weight excluding hydrogens is 330 g/mol. The maximum atomic E-state index is 6.02. The molecule has 0 spiro atoms. The molecule has 4 heteroatoms. The molecule has 0 fully saturated rings. The van der Waals surface area contributed by atoms with Crippen LogP contribution in [0.5, 0.6) is 11.5 Å². The third kappa shape index (κ3) is 2.96. The Bertz CT molecular complexity index is 876. The van der Waals surface area contributed by atoms with Gasteiger partial charge in [0.15, 0.2) is 5.05 Å². The molecule has 1 aliphatic heterocycles. The van der Waals surface area contributed by atoms with E-state index < -0.39 is 0 Å². The van der Waals surface area contributed by atoms with Crippen molar-refractivity contribution in [2.45, 2.75) is 5.92 Å². The Morgan fingerprint density at radius 3 is 1.88 bits per heavy atom. The number of ether oxygens (including phenoxy) is 2. The summed E-state index contributed by atoms with van der Waals surface area (Å²) >= 11 is 5.69. The minimum Gasteiger partial charge on any atom is -0.497 e. The highest BCUT2D eigenvalue weighted by Gasteiger charge is 2.29. The molecule has 0 unspecified atom stereocenters. The Balaban J connectivity index is 1.70. The van der Waals surface area contributed by atoms with Gasteiger partial charge in [0.1, 0.15) is 11.5 Å². The van der Waals surface area contributed by atoms with E-state index in [-0.39, 0.29) is 5.92 Å². The van der Waals surface area contributed by atoms with Gasteiger partial charge in [-0.05, 0) is 59.7 Å². The normalized spacial score (nSPS) is 12.5. The lowest BCUT2D eigenvalue weighted by Crippen LogP contribution is -2.23. The van der Waals surface area contributed by atoms with Crippen molar-refractivity contribution in [1.29, 1.82) is 0 Å².